The highest BCUT2D eigenvalue weighted by Crippen LogP contribution is 2.42. The predicted molar refractivity (Wildman–Crippen MR) is 103 cm³/mol. The molecule has 0 radical (unpaired) electrons. The third kappa shape index (κ3) is 3.21. The first kappa shape index (κ1) is 17.1. The van der Waals surface area contributed by atoms with Gasteiger partial charge in [0, 0.05) is 12.7 Å². The number of hydrogen-bond acceptors (Lipinski definition) is 4. The van der Waals surface area contributed by atoms with Gasteiger partial charge in [0.2, 0.25) is 0 Å². The van der Waals surface area contributed by atoms with Crippen LogP contribution in [0.2, 0.25) is 0 Å². The topological polar surface area (TPSA) is 68.0 Å². The normalized spacial score (nSPS) is 16.6. The van der Waals surface area contributed by atoms with Crippen LogP contribution >= 0.6 is 11.8 Å². The van der Waals surface area contributed by atoms with Gasteiger partial charge in [-0.25, -0.2) is 4.98 Å². The van der Waals surface area contributed by atoms with Gasteiger partial charge in [0.1, 0.15) is 0 Å². The summed E-state index contributed by atoms with van der Waals surface area (Å²) in [6.07, 6.45) is 5.27. The van der Waals surface area contributed by atoms with Crippen LogP contribution < -0.4 is 0 Å². The van der Waals surface area contributed by atoms with E-state index in [2.05, 4.69) is 22.5 Å². The average Bonchev–Trinajstić information content (AvgIpc) is 2.97. The molecule has 1 aromatic carbocycles. The summed E-state index contributed by atoms with van der Waals surface area (Å²) >= 11 is 1.78. The van der Waals surface area contributed by atoms with Crippen LogP contribution in [0.15, 0.2) is 41.7 Å². The Hall–Kier alpha value is -2.34. The second-order valence-electron chi connectivity index (χ2n) is 6.58. The maximum absolute atomic E-state index is 11.0. The van der Waals surface area contributed by atoms with E-state index in [1.54, 1.807) is 11.8 Å². The lowest BCUT2D eigenvalue weighted by Crippen LogP contribution is -2.10. The van der Waals surface area contributed by atoms with Crippen molar-refractivity contribution in [1.29, 1.82) is 0 Å². The fourth-order valence-electron chi connectivity index (χ4n) is 3.64. The monoisotopic (exact) mass is 367 g/mol. The molecule has 0 saturated carbocycles. The van der Waals surface area contributed by atoms with Crippen molar-refractivity contribution < 1.29 is 9.90 Å². The highest BCUT2D eigenvalue weighted by molar-refractivity contribution is 7.99. The van der Waals surface area contributed by atoms with E-state index < -0.39 is 5.97 Å². The summed E-state index contributed by atoms with van der Waals surface area (Å²) in [5.41, 5.74) is 5.24. The molecule has 0 amide bonds. The first-order chi connectivity index (χ1) is 12.7. The van der Waals surface area contributed by atoms with Gasteiger partial charge in [0.05, 0.1) is 28.4 Å². The molecule has 26 heavy (non-hydrogen) atoms. The fraction of sp³-hybridized carbons (Fsp3) is 0.350. The molecule has 2 aromatic heterocycles. The summed E-state index contributed by atoms with van der Waals surface area (Å²) < 4.78 is 2.21. The summed E-state index contributed by atoms with van der Waals surface area (Å²) in [6.45, 7) is 2.95. The number of nitrogens with zero attached hydrogens (tertiary/aromatic N) is 3. The van der Waals surface area contributed by atoms with Gasteiger partial charge in [0.15, 0.2) is 5.16 Å². The molecular weight excluding hydrogens is 346 g/mol. The molecule has 6 heteroatoms. The van der Waals surface area contributed by atoms with Crippen molar-refractivity contribution in [3.05, 3.63) is 53.3 Å². The number of carboxylic acids is 1. The molecule has 0 aliphatic heterocycles. The smallest absolute Gasteiger partial charge is 0.307 e. The highest BCUT2D eigenvalue weighted by Gasteiger charge is 2.24. The minimum absolute atomic E-state index is 0.0251. The van der Waals surface area contributed by atoms with Crippen LogP contribution in [-0.2, 0) is 24.2 Å². The Kier molecular flexibility index (Phi) is 4.68. The van der Waals surface area contributed by atoms with Gasteiger partial charge >= 0.3 is 5.97 Å². The summed E-state index contributed by atoms with van der Waals surface area (Å²) in [5.74, 6) is -0.821. The van der Waals surface area contributed by atoms with Crippen LogP contribution in [0.5, 0.6) is 0 Å². The van der Waals surface area contributed by atoms with E-state index in [9.17, 15) is 4.79 Å². The lowest BCUT2D eigenvalue weighted by atomic mass is 9.96. The molecule has 1 N–H and O–H groups in total. The zero-order chi connectivity index (χ0) is 18.1. The largest absolute Gasteiger partial charge is 0.481 e. The van der Waals surface area contributed by atoms with Gasteiger partial charge in [0.25, 0.3) is 0 Å². The van der Waals surface area contributed by atoms with E-state index in [4.69, 9.17) is 10.1 Å². The molecule has 4 rings (SSSR count). The molecule has 5 nitrogen and oxygen atoms in total. The Morgan fingerprint density at radius 2 is 2.27 bits per heavy atom. The lowest BCUT2D eigenvalue weighted by molar-refractivity contribution is -0.136. The Morgan fingerprint density at radius 1 is 1.38 bits per heavy atom. The molecule has 1 atom stereocenters. The SMILES string of the molecule is CCn1c(SC2CCCc3cccnc32)nc2cc(CC(=O)O)ccc21. The van der Waals surface area contributed by atoms with Crippen molar-refractivity contribution in [2.24, 2.45) is 0 Å². The van der Waals surface area contributed by atoms with Crippen molar-refractivity contribution in [3.8, 4) is 0 Å². The number of fused-ring (bicyclic) bond motifs is 2. The molecule has 1 aliphatic carbocycles. The number of imidazole rings is 1. The molecule has 0 fully saturated rings. The van der Waals surface area contributed by atoms with E-state index in [0.29, 0.717) is 5.25 Å². The van der Waals surface area contributed by atoms with Gasteiger partial charge in [-0.2, -0.15) is 0 Å². The number of aliphatic carboxylic acids is 1. The van der Waals surface area contributed by atoms with Gasteiger partial charge < -0.3 is 9.67 Å². The Morgan fingerprint density at radius 3 is 3.08 bits per heavy atom. The number of aryl methyl sites for hydroxylation is 2. The van der Waals surface area contributed by atoms with Gasteiger partial charge in [-0.1, -0.05) is 23.9 Å². The molecule has 2 heterocycles. The summed E-state index contributed by atoms with van der Waals surface area (Å²) in [6, 6.07) is 9.96. The van der Waals surface area contributed by atoms with Crippen LogP contribution in [0.3, 0.4) is 0 Å². The number of benzene rings is 1. The minimum atomic E-state index is -0.821. The van der Waals surface area contributed by atoms with Crippen molar-refractivity contribution in [2.45, 2.75) is 49.6 Å². The number of pyridine rings is 1. The van der Waals surface area contributed by atoms with Gasteiger partial charge in [-0.3, -0.25) is 9.78 Å². The van der Waals surface area contributed by atoms with Gasteiger partial charge in [-0.15, -0.1) is 0 Å². The number of rotatable bonds is 5. The third-order valence-corrected chi connectivity index (χ3v) is 6.11. The van der Waals surface area contributed by atoms with Crippen molar-refractivity contribution in [3.63, 3.8) is 0 Å². The van der Waals surface area contributed by atoms with E-state index in [-0.39, 0.29) is 6.42 Å². The summed E-state index contributed by atoms with van der Waals surface area (Å²) in [5, 5.41) is 10.3. The maximum Gasteiger partial charge on any atom is 0.307 e. The minimum Gasteiger partial charge on any atom is -0.481 e. The Balaban J connectivity index is 1.69. The molecule has 3 aromatic rings. The van der Waals surface area contributed by atoms with Crippen molar-refractivity contribution in [2.75, 3.05) is 0 Å². The zero-order valence-electron chi connectivity index (χ0n) is 14.7. The first-order valence-corrected chi connectivity index (χ1v) is 9.85. The molecular formula is C20H21N3O2S. The second kappa shape index (κ2) is 7.11. The Bertz CT molecular complexity index is 967. The van der Waals surface area contributed by atoms with E-state index in [1.165, 1.54) is 17.7 Å². The quantitative estimate of drug-likeness (QED) is 0.730. The first-order valence-electron chi connectivity index (χ1n) is 8.97. The van der Waals surface area contributed by atoms with Crippen LogP contribution in [0.1, 0.15) is 41.8 Å². The van der Waals surface area contributed by atoms with E-state index in [0.717, 1.165) is 41.1 Å². The van der Waals surface area contributed by atoms with Crippen LogP contribution in [0.25, 0.3) is 11.0 Å². The third-order valence-electron chi connectivity index (χ3n) is 4.84. The van der Waals surface area contributed by atoms with Crippen molar-refractivity contribution >= 4 is 28.8 Å². The average molecular weight is 367 g/mol. The standard InChI is InChI=1S/C20H21N3O2S/c1-2-23-16-9-8-13(12-18(24)25)11-15(16)22-20(23)26-17-7-3-5-14-6-4-10-21-19(14)17/h4,6,8-11,17H,2-3,5,7,12H2,1H3,(H,24,25). The van der Waals surface area contributed by atoms with E-state index >= 15 is 0 Å². The number of hydrogen-bond donors (Lipinski definition) is 1. The number of carbonyl (C=O) groups is 1. The fourth-order valence-corrected chi connectivity index (χ4v) is 5.01. The number of aromatic nitrogens is 3. The zero-order valence-corrected chi connectivity index (χ0v) is 15.5. The van der Waals surface area contributed by atoms with Crippen LogP contribution in [0.4, 0.5) is 0 Å². The van der Waals surface area contributed by atoms with Crippen LogP contribution in [0, 0.1) is 0 Å². The Labute approximate surface area is 156 Å². The van der Waals surface area contributed by atoms with Crippen LogP contribution in [-0.4, -0.2) is 25.6 Å². The molecule has 0 spiro atoms. The molecule has 1 unspecified atom stereocenters. The highest BCUT2D eigenvalue weighted by atomic mass is 32.2. The molecule has 0 bridgehead atoms. The molecule has 0 saturated heterocycles. The second-order valence-corrected chi connectivity index (χ2v) is 7.75. The molecule has 1 aliphatic rings. The summed E-state index contributed by atoms with van der Waals surface area (Å²) in [7, 11) is 0. The summed E-state index contributed by atoms with van der Waals surface area (Å²) in [4.78, 5) is 20.4. The van der Waals surface area contributed by atoms with Crippen molar-refractivity contribution in [1.82, 2.24) is 14.5 Å². The lowest BCUT2D eigenvalue weighted by Gasteiger charge is -2.23. The van der Waals surface area contributed by atoms with E-state index in [1.807, 2.05) is 30.5 Å². The molecule has 134 valence electrons. The van der Waals surface area contributed by atoms with Gasteiger partial charge in [-0.05, 0) is 55.5 Å². The maximum atomic E-state index is 11.0. The predicted octanol–water partition coefficient (Wildman–Crippen LogP) is 4.25. The number of carboxylic acid groups (broad SMARTS) is 1. The number of thioether (sulfide) groups is 1.